The second-order valence-corrected chi connectivity index (χ2v) is 6.01. The minimum atomic E-state index is -0.658. The van der Waals surface area contributed by atoms with Crippen LogP contribution >= 0.6 is 0 Å². The lowest BCUT2D eigenvalue weighted by Crippen LogP contribution is -2.41. The van der Waals surface area contributed by atoms with Crippen LogP contribution in [0.15, 0.2) is 0 Å². The summed E-state index contributed by atoms with van der Waals surface area (Å²) in [6.45, 7) is 1.45. The van der Waals surface area contributed by atoms with Crippen LogP contribution in [-0.2, 0) is 14.3 Å². The van der Waals surface area contributed by atoms with Gasteiger partial charge >= 0.3 is 5.97 Å². The third-order valence-corrected chi connectivity index (χ3v) is 4.80. The molecule has 1 N–H and O–H groups in total. The van der Waals surface area contributed by atoms with Crippen molar-refractivity contribution in [3.8, 4) is 0 Å². The van der Waals surface area contributed by atoms with Crippen molar-refractivity contribution in [3.05, 3.63) is 0 Å². The zero-order chi connectivity index (χ0) is 12.6. The van der Waals surface area contributed by atoms with Crippen molar-refractivity contribution < 1.29 is 19.4 Å². The number of carboxylic acids is 1. The maximum absolute atomic E-state index is 11.8. The van der Waals surface area contributed by atoms with Crippen molar-refractivity contribution in [2.24, 2.45) is 11.3 Å². The second-order valence-electron chi connectivity index (χ2n) is 6.01. The molecule has 0 aromatic heterocycles. The van der Waals surface area contributed by atoms with E-state index in [1.54, 1.807) is 0 Å². The predicted molar refractivity (Wildman–Crippen MR) is 65.4 cm³/mol. The zero-order valence-corrected chi connectivity index (χ0v) is 10.8. The summed E-state index contributed by atoms with van der Waals surface area (Å²) in [7, 11) is 0. The van der Waals surface area contributed by atoms with E-state index in [0.717, 1.165) is 38.7 Å². The van der Waals surface area contributed by atoms with Crippen LogP contribution in [0.4, 0.5) is 0 Å². The molecule has 1 saturated carbocycles. The van der Waals surface area contributed by atoms with Crippen molar-refractivity contribution in [1.29, 1.82) is 0 Å². The molecule has 18 heavy (non-hydrogen) atoms. The lowest BCUT2D eigenvalue weighted by atomic mass is 9.74. The molecule has 0 aromatic carbocycles. The predicted octanol–water partition coefficient (Wildman–Crippen LogP) is 2.22. The van der Waals surface area contributed by atoms with E-state index in [0.29, 0.717) is 25.4 Å². The maximum atomic E-state index is 11.8. The standard InChI is InChI=1S/C14H22O4/c15-13(16)14(6-5-11-2-1-8-17-11)7-9-18-12(14)10-3-4-10/h10-12H,1-9H2,(H,15,16). The monoisotopic (exact) mass is 254 g/mol. The van der Waals surface area contributed by atoms with Gasteiger partial charge in [-0.1, -0.05) is 0 Å². The molecule has 0 radical (unpaired) electrons. The van der Waals surface area contributed by atoms with E-state index in [1.807, 2.05) is 0 Å². The van der Waals surface area contributed by atoms with Gasteiger partial charge in [-0.3, -0.25) is 4.79 Å². The Morgan fingerprint density at radius 3 is 2.67 bits per heavy atom. The van der Waals surface area contributed by atoms with Gasteiger partial charge in [-0.15, -0.1) is 0 Å². The Balaban J connectivity index is 1.67. The molecule has 3 atom stereocenters. The Labute approximate surface area is 108 Å². The van der Waals surface area contributed by atoms with Gasteiger partial charge in [-0.25, -0.2) is 0 Å². The molecule has 1 aliphatic carbocycles. The highest BCUT2D eigenvalue weighted by molar-refractivity contribution is 5.76. The summed E-state index contributed by atoms with van der Waals surface area (Å²) in [6, 6.07) is 0. The van der Waals surface area contributed by atoms with Crippen LogP contribution in [0.3, 0.4) is 0 Å². The van der Waals surface area contributed by atoms with Crippen LogP contribution < -0.4 is 0 Å². The van der Waals surface area contributed by atoms with Crippen LogP contribution in [0.2, 0.25) is 0 Å². The van der Waals surface area contributed by atoms with Crippen molar-refractivity contribution >= 4 is 5.97 Å². The van der Waals surface area contributed by atoms with Gasteiger partial charge in [0.15, 0.2) is 0 Å². The number of aliphatic carboxylic acids is 1. The van der Waals surface area contributed by atoms with E-state index in [4.69, 9.17) is 9.47 Å². The lowest BCUT2D eigenvalue weighted by molar-refractivity contribution is -0.154. The quantitative estimate of drug-likeness (QED) is 0.817. The number of rotatable bonds is 5. The first kappa shape index (κ1) is 12.4. The minimum Gasteiger partial charge on any atom is -0.481 e. The maximum Gasteiger partial charge on any atom is 0.312 e. The summed E-state index contributed by atoms with van der Waals surface area (Å²) < 4.78 is 11.4. The summed E-state index contributed by atoms with van der Waals surface area (Å²) in [5, 5.41) is 9.66. The Hall–Kier alpha value is -0.610. The van der Waals surface area contributed by atoms with Crippen molar-refractivity contribution in [2.75, 3.05) is 13.2 Å². The fourth-order valence-electron chi connectivity index (χ4n) is 3.55. The summed E-state index contributed by atoms with van der Waals surface area (Å²) in [4.78, 5) is 11.8. The third kappa shape index (κ3) is 2.16. The number of carbonyl (C=O) groups is 1. The van der Waals surface area contributed by atoms with E-state index >= 15 is 0 Å². The van der Waals surface area contributed by atoms with Gasteiger partial charge in [0.05, 0.1) is 17.6 Å². The molecule has 3 unspecified atom stereocenters. The van der Waals surface area contributed by atoms with E-state index < -0.39 is 11.4 Å². The van der Waals surface area contributed by atoms with Crippen LogP contribution in [0, 0.1) is 11.3 Å². The van der Waals surface area contributed by atoms with Crippen LogP contribution in [0.1, 0.15) is 44.9 Å². The molecular weight excluding hydrogens is 232 g/mol. The first-order valence-corrected chi connectivity index (χ1v) is 7.19. The summed E-state index contributed by atoms with van der Waals surface area (Å²) in [6.07, 6.45) is 6.98. The number of carboxylic acid groups (broad SMARTS) is 1. The first-order valence-electron chi connectivity index (χ1n) is 7.19. The molecular formula is C14H22O4. The van der Waals surface area contributed by atoms with E-state index in [9.17, 15) is 9.90 Å². The van der Waals surface area contributed by atoms with E-state index in [-0.39, 0.29) is 12.2 Å². The zero-order valence-electron chi connectivity index (χ0n) is 10.8. The third-order valence-electron chi connectivity index (χ3n) is 4.80. The Kier molecular flexibility index (Phi) is 3.32. The van der Waals surface area contributed by atoms with Crippen LogP contribution in [-0.4, -0.2) is 36.5 Å². The van der Waals surface area contributed by atoms with Crippen molar-refractivity contribution in [2.45, 2.75) is 57.2 Å². The van der Waals surface area contributed by atoms with Gasteiger partial charge in [0.2, 0.25) is 0 Å². The average Bonchev–Trinajstić information content (AvgIpc) is 2.91. The van der Waals surface area contributed by atoms with Crippen LogP contribution in [0.25, 0.3) is 0 Å². The summed E-state index contributed by atoms with van der Waals surface area (Å²) in [5.41, 5.74) is -0.632. The number of hydrogen-bond acceptors (Lipinski definition) is 3. The van der Waals surface area contributed by atoms with Gasteiger partial charge in [-0.2, -0.15) is 0 Å². The highest BCUT2D eigenvalue weighted by Gasteiger charge is 2.55. The molecule has 3 fully saturated rings. The van der Waals surface area contributed by atoms with E-state index in [1.165, 1.54) is 0 Å². The number of ether oxygens (including phenoxy) is 2. The van der Waals surface area contributed by atoms with Gasteiger partial charge < -0.3 is 14.6 Å². The molecule has 0 bridgehead atoms. The molecule has 0 amide bonds. The smallest absolute Gasteiger partial charge is 0.312 e. The molecule has 3 rings (SSSR count). The highest BCUT2D eigenvalue weighted by atomic mass is 16.5. The Bertz CT molecular complexity index is 320. The molecule has 2 aliphatic heterocycles. The topological polar surface area (TPSA) is 55.8 Å². The second kappa shape index (κ2) is 4.82. The minimum absolute atomic E-state index is 0.0450. The average molecular weight is 254 g/mol. The highest BCUT2D eigenvalue weighted by Crippen LogP contribution is 2.50. The molecule has 4 heteroatoms. The van der Waals surface area contributed by atoms with Gasteiger partial charge in [0.1, 0.15) is 0 Å². The Morgan fingerprint density at radius 1 is 1.22 bits per heavy atom. The molecule has 102 valence electrons. The van der Waals surface area contributed by atoms with Gasteiger partial charge in [0, 0.05) is 13.2 Å². The number of hydrogen-bond donors (Lipinski definition) is 1. The molecule has 2 saturated heterocycles. The van der Waals surface area contributed by atoms with E-state index in [2.05, 4.69) is 0 Å². The fourth-order valence-corrected chi connectivity index (χ4v) is 3.55. The Morgan fingerprint density at radius 2 is 2.06 bits per heavy atom. The molecule has 2 heterocycles. The molecule has 3 aliphatic rings. The van der Waals surface area contributed by atoms with Gasteiger partial charge in [-0.05, 0) is 50.9 Å². The molecule has 4 nitrogen and oxygen atoms in total. The fraction of sp³-hybridized carbons (Fsp3) is 0.929. The molecule has 0 aromatic rings. The summed E-state index contributed by atoms with van der Waals surface area (Å²) >= 11 is 0. The van der Waals surface area contributed by atoms with Crippen molar-refractivity contribution in [3.63, 3.8) is 0 Å². The van der Waals surface area contributed by atoms with Crippen molar-refractivity contribution in [1.82, 2.24) is 0 Å². The SMILES string of the molecule is O=C(O)C1(CCC2CCCO2)CCOC1C1CC1. The first-order chi connectivity index (χ1) is 8.72. The largest absolute Gasteiger partial charge is 0.481 e. The molecule has 0 spiro atoms. The van der Waals surface area contributed by atoms with Gasteiger partial charge in [0.25, 0.3) is 0 Å². The van der Waals surface area contributed by atoms with Crippen LogP contribution in [0.5, 0.6) is 0 Å². The normalized spacial score (nSPS) is 40.2. The lowest BCUT2D eigenvalue weighted by Gasteiger charge is -2.30. The summed E-state index contributed by atoms with van der Waals surface area (Å²) in [5.74, 6) is -0.164.